The predicted octanol–water partition coefficient (Wildman–Crippen LogP) is -1.56. The van der Waals surface area contributed by atoms with E-state index in [-0.39, 0.29) is 5.82 Å². The summed E-state index contributed by atoms with van der Waals surface area (Å²) >= 11 is 0. The lowest BCUT2D eigenvalue weighted by atomic mass is 10.1. The van der Waals surface area contributed by atoms with E-state index in [2.05, 4.69) is 22.7 Å². The molecule has 1 aromatic rings. The van der Waals surface area contributed by atoms with Crippen molar-refractivity contribution in [2.45, 2.75) is 24.5 Å². The van der Waals surface area contributed by atoms with Crippen molar-refractivity contribution in [2.24, 2.45) is 0 Å². The van der Waals surface area contributed by atoms with Crippen LogP contribution in [0.5, 0.6) is 0 Å². The molecular weight excluding hydrogens is 479 g/mol. The number of anilines is 1. The lowest BCUT2D eigenvalue weighted by Crippen LogP contribution is -2.36. The van der Waals surface area contributed by atoms with Gasteiger partial charge in [0.25, 0.3) is 0 Å². The molecule has 1 aliphatic heterocycles. The summed E-state index contributed by atoms with van der Waals surface area (Å²) in [5, 5.41) is 20.1. The van der Waals surface area contributed by atoms with E-state index in [0.29, 0.717) is 7.11 Å². The van der Waals surface area contributed by atoms with Gasteiger partial charge in [-0.05, 0) is 6.07 Å². The monoisotopic (exact) mass is 497 g/mol. The molecule has 172 valence electrons. The Bertz CT molecular complexity index is 969. The van der Waals surface area contributed by atoms with E-state index in [9.17, 15) is 38.5 Å². The molecule has 3 unspecified atom stereocenters. The predicted molar refractivity (Wildman–Crippen MR) is 93.4 cm³/mol. The highest BCUT2D eigenvalue weighted by Crippen LogP contribution is 2.67. The Morgan fingerprint density at radius 1 is 1.13 bits per heavy atom. The molecule has 30 heavy (non-hydrogen) atoms. The fourth-order valence-corrected chi connectivity index (χ4v) is 5.48. The third-order valence-electron chi connectivity index (χ3n) is 3.51. The normalized spacial score (nSPS) is 30.3. The van der Waals surface area contributed by atoms with Crippen molar-refractivity contribution in [3.8, 4) is 0 Å². The Hall–Kier alpha value is -1.03. The summed E-state index contributed by atoms with van der Waals surface area (Å²) < 4.78 is 56.2. The molecule has 1 aromatic heterocycles. The summed E-state index contributed by atoms with van der Waals surface area (Å²) in [6, 6.07) is 1.21. The van der Waals surface area contributed by atoms with Crippen LogP contribution in [0.15, 0.2) is 17.1 Å². The molecule has 0 aliphatic carbocycles. The summed E-state index contributed by atoms with van der Waals surface area (Å²) in [4.78, 5) is 43.0. The van der Waals surface area contributed by atoms with Crippen molar-refractivity contribution in [1.82, 2.24) is 9.55 Å². The van der Waals surface area contributed by atoms with Crippen LogP contribution in [0.25, 0.3) is 0 Å². The number of nitrogens with two attached hydrogens (primary N) is 1. The quantitative estimate of drug-likeness (QED) is 0.211. The molecule has 0 amide bonds. The van der Waals surface area contributed by atoms with Crippen molar-refractivity contribution in [2.75, 3.05) is 19.5 Å². The van der Waals surface area contributed by atoms with Gasteiger partial charge in [0.15, 0.2) is 6.23 Å². The molecule has 7 atom stereocenters. The van der Waals surface area contributed by atoms with Gasteiger partial charge in [-0.1, -0.05) is 0 Å². The molecule has 1 saturated heterocycles. The number of nitrogen functional groups attached to an aromatic ring is 1. The van der Waals surface area contributed by atoms with Crippen LogP contribution < -0.4 is 11.4 Å². The van der Waals surface area contributed by atoms with Crippen LogP contribution in [0.3, 0.4) is 0 Å². The second-order valence-corrected chi connectivity index (χ2v) is 10.4. The zero-order chi connectivity index (χ0) is 22.9. The number of aliphatic hydroxyl groups is 2. The van der Waals surface area contributed by atoms with Crippen molar-refractivity contribution in [3.63, 3.8) is 0 Å². The van der Waals surface area contributed by atoms with Gasteiger partial charge in [-0.3, -0.25) is 13.6 Å². The van der Waals surface area contributed by atoms with Gasteiger partial charge in [-0.15, -0.1) is 0 Å². The maximum absolute atomic E-state index is 11.8. The van der Waals surface area contributed by atoms with E-state index in [1.165, 1.54) is 6.07 Å². The zero-order valence-electron chi connectivity index (χ0n) is 14.9. The molecule has 0 bridgehead atoms. The SMILES string of the molecule is COP(=O)(O)OP(=O)(O)OP(=O)(O)OC[C@H]1O[C@@H](n2ccc(N)nc2=O)[C@H](O)[C@@H]1O. The maximum atomic E-state index is 11.8. The second kappa shape index (κ2) is 9.22. The van der Waals surface area contributed by atoms with Gasteiger partial charge >= 0.3 is 29.2 Å². The van der Waals surface area contributed by atoms with Crippen molar-refractivity contribution >= 4 is 29.3 Å². The Morgan fingerprint density at radius 3 is 2.30 bits per heavy atom. The number of rotatable bonds is 9. The number of hydrogen-bond acceptors (Lipinski definition) is 13. The summed E-state index contributed by atoms with van der Waals surface area (Å²) in [5.74, 6) is -0.112. The first-order valence-corrected chi connectivity index (χ1v) is 12.1. The lowest BCUT2D eigenvalue weighted by Gasteiger charge is -2.19. The summed E-state index contributed by atoms with van der Waals surface area (Å²) in [6.07, 6.45) is -5.29. The fourth-order valence-electron chi connectivity index (χ4n) is 2.22. The van der Waals surface area contributed by atoms with E-state index < -0.39 is 60.3 Å². The third kappa shape index (κ3) is 6.48. The molecule has 1 fully saturated rings. The molecule has 0 radical (unpaired) electrons. The van der Waals surface area contributed by atoms with E-state index in [0.717, 1.165) is 10.8 Å². The topological polar surface area (TPSA) is 259 Å². The first-order chi connectivity index (χ1) is 13.7. The standard InChI is InChI=1S/C10H18N3O14P3/c1-23-28(17,18)26-30(21,22)27-29(19,20)24-4-5-7(14)8(15)9(25-5)13-3-2-6(11)12-10(13)16/h2-3,5,7-9,14-15H,4H2,1H3,(H,17,18)(H,19,20)(H,21,22)(H2,11,12,16)/t5-,7-,8-,9-/m1/s1. The number of phosphoric ester groups is 2. The van der Waals surface area contributed by atoms with Gasteiger partial charge in [0, 0.05) is 13.3 Å². The highest BCUT2D eigenvalue weighted by molar-refractivity contribution is 7.66. The summed E-state index contributed by atoms with van der Waals surface area (Å²) in [7, 11) is -15.4. The lowest BCUT2D eigenvalue weighted by molar-refractivity contribution is -0.0541. The fraction of sp³-hybridized carbons (Fsp3) is 0.600. The summed E-state index contributed by atoms with van der Waals surface area (Å²) in [6.45, 7) is -0.985. The molecule has 0 saturated carbocycles. The smallest absolute Gasteiger partial charge is 0.387 e. The minimum atomic E-state index is -5.61. The van der Waals surface area contributed by atoms with Gasteiger partial charge < -0.3 is 35.4 Å². The van der Waals surface area contributed by atoms with E-state index in [1.54, 1.807) is 0 Å². The Morgan fingerprint density at radius 2 is 1.73 bits per heavy atom. The molecule has 2 rings (SSSR count). The number of nitrogens with zero attached hydrogens (tertiary/aromatic N) is 2. The molecule has 2 heterocycles. The number of hydrogen-bond donors (Lipinski definition) is 6. The maximum Gasteiger partial charge on any atom is 0.490 e. The van der Waals surface area contributed by atoms with Gasteiger partial charge in [0.05, 0.1) is 6.61 Å². The largest absolute Gasteiger partial charge is 0.490 e. The van der Waals surface area contributed by atoms with Crippen LogP contribution in [0.2, 0.25) is 0 Å². The first kappa shape index (κ1) is 25.2. The molecule has 0 spiro atoms. The van der Waals surface area contributed by atoms with Crippen LogP contribution in [0, 0.1) is 0 Å². The molecule has 7 N–H and O–H groups in total. The van der Waals surface area contributed by atoms with Crippen molar-refractivity contribution < 1.29 is 61.0 Å². The zero-order valence-corrected chi connectivity index (χ0v) is 17.6. The van der Waals surface area contributed by atoms with Crippen LogP contribution >= 0.6 is 23.5 Å². The number of aromatic nitrogens is 2. The van der Waals surface area contributed by atoms with Crippen molar-refractivity contribution in [1.29, 1.82) is 0 Å². The average molecular weight is 497 g/mol. The Labute approximate surface area is 167 Å². The number of ether oxygens (including phenoxy) is 1. The van der Waals surface area contributed by atoms with Crippen LogP contribution in [-0.2, 0) is 36.1 Å². The highest BCUT2D eigenvalue weighted by Gasteiger charge is 2.47. The molecular formula is C10H18N3O14P3. The average Bonchev–Trinajstić information content (AvgIpc) is 2.86. The van der Waals surface area contributed by atoms with Crippen LogP contribution in [-0.4, -0.2) is 66.5 Å². The Balaban J connectivity index is 2.04. The van der Waals surface area contributed by atoms with E-state index in [4.69, 9.17) is 15.4 Å². The van der Waals surface area contributed by atoms with Gasteiger partial charge in [-0.25, -0.2) is 18.5 Å². The third-order valence-corrected chi connectivity index (χ3v) is 7.75. The Kier molecular flexibility index (Phi) is 7.76. The van der Waals surface area contributed by atoms with Gasteiger partial charge in [-0.2, -0.15) is 13.6 Å². The minimum Gasteiger partial charge on any atom is -0.387 e. The molecule has 1 aliphatic rings. The molecule has 17 nitrogen and oxygen atoms in total. The van der Waals surface area contributed by atoms with Crippen LogP contribution in [0.1, 0.15) is 6.23 Å². The van der Waals surface area contributed by atoms with E-state index in [1.807, 2.05) is 0 Å². The van der Waals surface area contributed by atoms with Gasteiger partial charge in [0.1, 0.15) is 24.1 Å². The van der Waals surface area contributed by atoms with Crippen molar-refractivity contribution in [3.05, 3.63) is 22.7 Å². The van der Waals surface area contributed by atoms with E-state index >= 15 is 0 Å². The van der Waals surface area contributed by atoms with Crippen LogP contribution in [0.4, 0.5) is 5.82 Å². The number of aliphatic hydroxyl groups excluding tert-OH is 2. The molecule has 0 aromatic carbocycles. The summed E-state index contributed by atoms with van der Waals surface area (Å²) in [5.41, 5.74) is 4.42. The minimum absolute atomic E-state index is 0.112. The van der Waals surface area contributed by atoms with Gasteiger partial charge in [0.2, 0.25) is 0 Å². The first-order valence-electron chi connectivity index (χ1n) is 7.64. The molecule has 20 heteroatoms. The second-order valence-electron chi connectivity index (χ2n) is 5.64. The highest BCUT2D eigenvalue weighted by atomic mass is 31.3. The number of phosphoric acid groups is 3.